The van der Waals surface area contributed by atoms with E-state index in [4.69, 9.17) is 0 Å². The van der Waals surface area contributed by atoms with Crippen LogP contribution in [0.3, 0.4) is 0 Å². The SMILES string of the molecule is c1ccc(-c2cc(Nc3cccc(Nc4cc(-c5ccccc5)[nH]n4)n3)n[nH]2)cc1. The quantitative estimate of drug-likeness (QED) is 0.312. The third-order valence-corrected chi connectivity index (χ3v) is 4.59. The molecule has 5 rings (SSSR count). The zero-order valence-corrected chi connectivity index (χ0v) is 16.0. The Morgan fingerprint density at radius 2 is 0.967 bits per heavy atom. The Morgan fingerprint density at radius 3 is 1.43 bits per heavy atom. The molecule has 7 nitrogen and oxygen atoms in total. The number of aromatic nitrogens is 5. The fourth-order valence-electron chi connectivity index (χ4n) is 3.14. The molecule has 0 atom stereocenters. The predicted octanol–water partition coefficient (Wildman–Crippen LogP) is 5.35. The van der Waals surface area contributed by atoms with Crippen molar-refractivity contribution in [1.82, 2.24) is 25.4 Å². The molecule has 146 valence electrons. The summed E-state index contributed by atoms with van der Waals surface area (Å²) in [6, 6.07) is 29.7. The number of hydrogen-bond donors (Lipinski definition) is 4. The van der Waals surface area contributed by atoms with E-state index in [2.05, 4.69) is 36.0 Å². The highest BCUT2D eigenvalue weighted by Gasteiger charge is 2.07. The van der Waals surface area contributed by atoms with Gasteiger partial charge in [-0.15, -0.1) is 0 Å². The molecule has 4 N–H and O–H groups in total. The molecule has 0 aliphatic carbocycles. The van der Waals surface area contributed by atoms with Crippen LogP contribution < -0.4 is 10.6 Å². The van der Waals surface area contributed by atoms with Gasteiger partial charge in [-0.3, -0.25) is 10.2 Å². The molecule has 7 heteroatoms. The monoisotopic (exact) mass is 393 g/mol. The van der Waals surface area contributed by atoms with E-state index in [0.717, 1.165) is 22.5 Å². The number of rotatable bonds is 6. The number of benzene rings is 2. The molecular formula is C23H19N7. The van der Waals surface area contributed by atoms with E-state index in [9.17, 15) is 0 Å². The molecule has 0 bridgehead atoms. The van der Waals surface area contributed by atoms with E-state index in [1.54, 1.807) is 0 Å². The van der Waals surface area contributed by atoms with Gasteiger partial charge in [0.1, 0.15) is 11.6 Å². The number of H-pyrrole nitrogens is 2. The third kappa shape index (κ3) is 3.90. The molecule has 5 aromatic rings. The minimum atomic E-state index is 0.685. The summed E-state index contributed by atoms with van der Waals surface area (Å²) in [4.78, 5) is 4.60. The van der Waals surface area contributed by atoms with E-state index in [1.165, 1.54) is 0 Å². The smallest absolute Gasteiger partial charge is 0.153 e. The molecule has 0 unspecified atom stereocenters. The molecule has 0 saturated carbocycles. The first kappa shape index (κ1) is 17.7. The van der Waals surface area contributed by atoms with Crippen LogP contribution in [-0.2, 0) is 0 Å². The maximum absolute atomic E-state index is 4.60. The van der Waals surface area contributed by atoms with E-state index in [0.29, 0.717) is 23.3 Å². The largest absolute Gasteiger partial charge is 0.323 e. The molecule has 3 aromatic heterocycles. The molecule has 0 radical (unpaired) electrons. The number of nitrogens with one attached hydrogen (secondary N) is 4. The van der Waals surface area contributed by atoms with Crippen LogP contribution in [0.25, 0.3) is 22.5 Å². The molecular weight excluding hydrogens is 374 g/mol. The Balaban J connectivity index is 1.29. The van der Waals surface area contributed by atoms with Gasteiger partial charge >= 0.3 is 0 Å². The predicted molar refractivity (Wildman–Crippen MR) is 119 cm³/mol. The summed E-state index contributed by atoms with van der Waals surface area (Å²) in [5, 5.41) is 21.2. The van der Waals surface area contributed by atoms with Gasteiger partial charge in [0.15, 0.2) is 11.6 Å². The van der Waals surface area contributed by atoms with Crippen molar-refractivity contribution >= 4 is 23.3 Å². The van der Waals surface area contributed by atoms with E-state index in [-0.39, 0.29) is 0 Å². The van der Waals surface area contributed by atoms with Crippen LogP contribution in [0.2, 0.25) is 0 Å². The van der Waals surface area contributed by atoms with Crippen molar-refractivity contribution in [2.75, 3.05) is 10.6 Å². The van der Waals surface area contributed by atoms with Gasteiger partial charge in [0.2, 0.25) is 0 Å². The fraction of sp³-hybridized carbons (Fsp3) is 0. The molecule has 0 fully saturated rings. The van der Waals surface area contributed by atoms with Gasteiger partial charge in [-0.25, -0.2) is 4.98 Å². The number of hydrogen-bond acceptors (Lipinski definition) is 5. The Bertz CT molecular complexity index is 1150. The average molecular weight is 393 g/mol. The van der Waals surface area contributed by atoms with Gasteiger partial charge < -0.3 is 10.6 Å². The maximum Gasteiger partial charge on any atom is 0.153 e. The molecule has 0 aliphatic heterocycles. The van der Waals surface area contributed by atoms with Crippen LogP contribution in [0, 0.1) is 0 Å². The minimum Gasteiger partial charge on any atom is -0.323 e. The third-order valence-electron chi connectivity index (χ3n) is 4.59. The molecule has 0 amide bonds. The van der Waals surface area contributed by atoms with Crippen molar-refractivity contribution in [2.45, 2.75) is 0 Å². The van der Waals surface area contributed by atoms with Crippen molar-refractivity contribution in [3.8, 4) is 22.5 Å². The highest BCUT2D eigenvalue weighted by molar-refractivity contribution is 5.67. The highest BCUT2D eigenvalue weighted by atomic mass is 15.2. The lowest BCUT2D eigenvalue weighted by molar-refractivity contribution is 1.09. The van der Waals surface area contributed by atoms with Crippen LogP contribution >= 0.6 is 0 Å². The lowest BCUT2D eigenvalue weighted by atomic mass is 10.1. The Morgan fingerprint density at radius 1 is 0.500 bits per heavy atom. The minimum absolute atomic E-state index is 0.685. The summed E-state index contributed by atoms with van der Waals surface area (Å²) in [6.45, 7) is 0. The van der Waals surface area contributed by atoms with E-state index >= 15 is 0 Å². The molecule has 0 aliphatic rings. The van der Waals surface area contributed by atoms with Gasteiger partial charge in [0.05, 0.1) is 11.4 Å². The van der Waals surface area contributed by atoms with E-state index in [1.807, 2.05) is 91.0 Å². The normalized spacial score (nSPS) is 10.7. The lowest BCUT2D eigenvalue weighted by Crippen LogP contribution is -1.98. The van der Waals surface area contributed by atoms with Gasteiger partial charge in [0.25, 0.3) is 0 Å². The van der Waals surface area contributed by atoms with Crippen LogP contribution in [0.1, 0.15) is 0 Å². The second kappa shape index (κ2) is 7.92. The van der Waals surface area contributed by atoms with Crippen molar-refractivity contribution < 1.29 is 0 Å². The standard InChI is InChI=1S/C23H19N7/c1-3-8-16(9-4-1)18-14-22(29-27-18)25-20-12-7-13-21(24-20)26-23-15-19(28-30-23)17-10-5-2-6-11-17/h1-15H,(H4,24,25,26,27,28,29,30). The van der Waals surface area contributed by atoms with E-state index < -0.39 is 0 Å². The molecule has 2 aromatic carbocycles. The number of pyridine rings is 1. The summed E-state index contributed by atoms with van der Waals surface area (Å²) in [6.07, 6.45) is 0. The maximum atomic E-state index is 4.60. The highest BCUT2D eigenvalue weighted by Crippen LogP contribution is 2.24. The summed E-state index contributed by atoms with van der Waals surface area (Å²) in [7, 11) is 0. The second-order valence-corrected chi connectivity index (χ2v) is 6.72. The Hall–Kier alpha value is -4.39. The zero-order chi connectivity index (χ0) is 20.2. The van der Waals surface area contributed by atoms with Gasteiger partial charge in [-0.1, -0.05) is 66.7 Å². The van der Waals surface area contributed by atoms with Crippen LogP contribution in [0.15, 0.2) is 91.0 Å². The summed E-state index contributed by atoms with van der Waals surface area (Å²) in [5.74, 6) is 2.77. The summed E-state index contributed by atoms with van der Waals surface area (Å²) < 4.78 is 0. The Kier molecular flexibility index (Phi) is 4.67. The first-order valence-electron chi connectivity index (χ1n) is 9.56. The number of nitrogens with zero attached hydrogens (tertiary/aromatic N) is 3. The first-order valence-corrected chi connectivity index (χ1v) is 9.56. The Labute approximate surface area is 173 Å². The van der Waals surface area contributed by atoms with Crippen LogP contribution in [0.5, 0.6) is 0 Å². The summed E-state index contributed by atoms with van der Waals surface area (Å²) >= 11 is 0. The average Bonchev–Trinajstić information content (AvgIpc) is 3.45. The zero-order valence-electron chi connectivity index (χ0n) is 16.0. The van der Waals surface area contributed by atoms with Gasteiger partial charge in [0, 0.05) is 12.1 Å². The molecule has 30 heavy (non-hydrogen) atoms. The van der Waals surface area contributed by atoms with Gasteiger partial charge in [-0.05, 0) is 23.3 Å². The molecule has 0 saturated heterocycles. The first-order chi connectivity index (χ1) is 14.8. The fourth-order valence-corrected chi connectivity index (χ4v) is 3.14. The lowest BCUT2D eigenvalue weighted by Gasteiger charge is -2.05. The topological polar surface area (TPSA) is 94.3 Å². The number of anilines is 4. The second-order valence-electron chi connectivity index (χ2n) is 6.72. The van der Waals surface area contributed by atoms with Crippen molar-refractivity contribution in [2.24, 2.45) is 0 Å². The molecule has 3 heterocycles. The number of aromatic amines is 2. The van der Waals surface area contributed by atoms with Crippen molar-refractivity contribution in [1.29, 1.82) is 0 Å². The van der Waals surface area contributed by atoms with Crippen LogP contribution in [0.4, 0.5) is 23.3 Å². The van der Waals surface area contributed by atoms with Crippen molar-refractivity contribution in [3.63, 3.8) is 0 Å². The molecule has 0 spiro atoms. The summed E-state index contributed by atoms with van der Waals surface area (Å²) in [5.41, 5.74) is 4.04. The van der Waals surface area contributed by atoms with Gasteiger partial charge in [-0.2, -0.15) is 10.2 Å². The van der Waals surface area contributed by atoms with Crippen molar-refractivity contribution in [3.05, 3.63) is 91.0 Å². The van der Waals surface area contributed by atoms with Crippen LogP contribution in [-0.4, -0.2) is 25.4 Å².